The highest BCUT2D eigenvalue weighted by Gasteiger charge is 2.16. The fraction of sp³-hybridized carbons (Fsp3) is 0.500. The number of carbonyl (C=O) groups excluding carboxylic acids is 1. The van der Waals surface area contributed by atoms with Gasteiger partial charge in [-0.2, -0.15) is 0 Å². The summed E-state index contributed by atoms with van der Waals surface area (Å²) < 4.78 is 5.05. The van der Waals surface area contributed by atoms with Gasteiger partial charge in [-0.3, -0.25) is 10.3 Å². The standard InChI is InChI=1S/C10H14N6O2/c1-10(2,3)18-9(17)15-8-6-12-7(4-13-8)5-14-16-11/h4,6H,5H2,1-3H3,(H,13,15,17). The van der Waals surface area contributed by atoms with Gasteiger partial charge in [-0.15, -0.1) is 0 Å². The molecule has 1 heterocycles. The van der Waals surface area contributed by atoms with Crippen LogP contribution in [0.5, 0.6) is 0 Å². The van der Waals surface area contributed by atoms with E-state index in [9.17, 15) is 4.79 Å². The number of anilines is 1. The number of hydrogen-bond donors (Lipinski definition) is 1. The normalized spacial score (nSPS) is 10.4. The van der Waals surface area contributed by atoms with Crippen molar-refractivity contribution >= 4 is 11.9 Å². The lowest BCUT2D eigenvalue weighted by molar-refractivity contribution is 0.0635. The van der Waals surface area contributed by atoms with E-state index >= 15 is 0 Å². The van der Waals surface area contributed by atoms with Crippen LogP contribution in [0.1, 0.15) is 26.5 Å². The molecule has 0 aliphatic carbocycles. The molecule has 1 amide bonds. The van der Waals surface area contributed by atoms with Gasteiger partial charge in [0.2, 0.25) is 0 Å². The topological polar surface area (TPSA) is 113 Å². The first-order valence-corrected chi connectivity index (χ1v) is 5.22. The number of azide groups is 1. The second-order valence-electron chi connectivity index (χ2n) is 4.41. The molecule has 18 heavy (non-hydrogen) atoms. The number of rotatable bonds is 3. The molecule has 0 saturated carbocycles. The van der Waals surface area contributed by atoms with Crippen LogP contribution in [0.4, 0.5) is 10.6 Å². The quantitative estimate of drug-likeness (QED) is 0.504. The molecule has 1 aromatic heterocycles. The number of nitrogens with zero attached hydrogens (tertiary/aromatic N) is 5. The third-order valence-electron chi connectivity index (χ3n) is 1.63. The number of amides is 1. The number of ether oxygens (including phenoxy) is 1. The van der Waals surface area contributed by atoms with Crippen LogP contribution in [-0.2, 0) is 11.3 Å². The maximum atomic E-state index is 11.4. The molecule has 1 aromatic rings. The van der Waals surface area contributed by atoms with Gasteiger partial charge < -0.3 is 4.74 Å². The summed E-state index contributed by atoms with van der Waals surface area (Å²) in [6.07, 6.45) is 2.19. The maximum absolute atomic E-state index is 11.4. The predicted molar refractivity (Wildman–Crippen MR) is 64.7 cm³/mol. The van der Waals surface area contributed by atoms with Crippen molar-refractivity contribution in [3.8, 4) is 0 Å². The monoisotopic (exact) mass is 250 g/mol. The molecule has 8 heteroatoms. The van der Waals surface area contributed by atoms with Gasteiger partial charge in [0.25, 0.3) is 0 Å². The summed E-state index contributed by atoms with van der Waals surface area (Å²) in [6.45, 7) is 5.42. The van der Waals surface area contributed by atoms with Crippen molar-refractivity contribution in [1.29, 1.82) is 0 Å². The molecule has 1 rings (SSSR count). The minimum absolute atomic E-state index is 0.121. The Labute approximate surface area is 104 Å². The number of hydrogen-bond acceptors (Lipinski definition) is 5. The van der Waals surface area contributed by atoms with E-state index in [4.69, 9.17) is 10.3 Å². The molecule has 0 fully saturated rings. The van der Waals surface area contributed by atoms with E-state index in [0.29, 0.717) is 5.69 Å². The van der Waals surface area contributed by atoms with E-state index in [1.165, 1.54) is 12.4 Å². The largest absolute Gasteiger partial charge is 0.444 e. The summed E-state index contributed by atoms with van der Waals surface area (Å²) in [5.74, 6) is 0.272. The zero-order valence-electron chi connectivity index (χ0n) is 10.4. The Morgan fingerprint density at radius 1 is 1.50 bits per heavy atom. The van der Waals surface area contributed by atoms with Gasteiger partial charge in [0.1, 0.15) is 5.60 Å². The first kappa shape index (κ1) is 13.7. The molecule has 0 bridgehead atoms. The molecule has 0 atom stereocenters. The summed E-state index contributed by atoms with van der Waals surface area (Å²) in [5, 5.41) is 5.79. The van der Waals surface area contributed by atoms with Crippen molar-refractivity contribution in [1.82, 2.24) is 9.97 Å². The van der Waals surface area contributed by atoms with E-state index in [2.05, 4.69) is 25.3 Å². The van der Waals surface area contributed by atoms with Crippen LogP contribution < -0.4 is 5.32 Å². The summed E-state index contributed by atoms with van der Waals surface area (Å²) in [4.78, 5) is 21.9. The van der Waals surface area contributed by atoms with Crippen LogP contribution >= 0.6 is 0 Å². The van der Waals surface area contributed by atoms with Crippen LogP contribution in [0.25, 0.3) is 10.4 Å². The van der Waals surface area contributed by atoms with E-state index in [-0.39, 0.29) is 12.4 Å². The molecular formula is C10H14N6O2. The molecule has 0 aliphatic rings. The minimum atomic E-state index is -0.598. The molecule has 0 aliphatic heterocycles. The summed E-state index contributed by atoms with van der Waals surface area (Å²) in [5.41, 5.74) is 8.09. The Morgan fingerprint density at radius 3 is 2.72 bits per heavy atom. The molecule has 1 N–H and O–H groups in total. The molecule has 96 valence electrons. The van der Waals surface area contributed by atoms with Crippen LogP contribution in [0, 0.1) is 0 Å². The van der Waals surface area contributed by atoms with Crippen LogP contribution in [0.15, 0.2) is 17.5 Å². The Hall–Kier alpha value is -2.34. The highest BCUT2D eigenvalue weighted by molar-refractivity contribution is 5.83. The summed E-state index contributed by atoms with van der Waals surface area (Å²) in [7, 11) is 0. The van der Waals surface area contributed by atoms with Gasteiger partial charge >= 0.3 is 6.09 Å². The van der Waals surface area contributed by atoms with Crippen molar-refractivity contribution < 1.29 is 9.53 Å². The first-order chi connectivity index (χ1) is 8.40. The third kappa shape index (κ3) is 5.13. The minimum Gasteiger partial charge on any atom is -0.444 e. The van der Waals surface area contributed by atoms with E-state index in [0.717, 1.165) is 0 Å². The lowest BCUT2D eigenvalue weighted by Crippen LogP contribution is -2.27. The lowest BCUT2D eigenvalue weighted by Gasteiger charge is -2.19. The third-order valence-corrected chi connectivity index (χ3v) is 1.63. The van der Waals surface area contributed by atoms with Crippen molar-refractivity contribution in [2.75, 3.05) is 5.32 Å². The molecule has 0 spiro atoms. The van der Waals surface area contributed by atoms with Crippen molar-refractivity contribution in [2.24, 2.45) is 5.11 Å². The van der Waals surface area contributed by atoms with Crippen molar-refractivity contribution in [2.45, 2.75) is 32.9 Å². The molecule has 0 aromatic carbocycles. The van der Waals surface area contributed by atoms with Crippen molar-refractivity contribution in [3.63, 3.8) is 0 Å². The van der Waals surface area contributed by atoms with Gasteiger partial charge in [-0.05, 0) is 26.3 Å². The van der Waals surface area contributed by atoms with Gasteiger partial charge in [0.15, 0.2) is 5.82 Å². The SMILES string of the molecule is CC(C)(C)OC(=O)Nc1cnc(CN=[N+]=[N-])cn1. The maximum Gasteiger partial charge on any atom is 0.413 e. The van der Waals surface area contributed by atoms with E-state index in [1.54, 1.807) is 20.8 Å². The van der Waals surface area contributed by atoms with Gasteiger partial charge in [0, 0.05) is 4.91 Å². The van der Waals surface area contributed by atoms with Crippen molar-refractivity contribution in [3.05, 3.63) is 28.5 Å². The van der Waals surface area contributed by atoms with Gasteiger partial charge in [0.05, 0.1) is 24.6 Å². The zero-order chi connectivity index (χ0) is 13.6. The zero-order valence-corrected chi connectivity index (χ0v) is 10.4. The molecule has 0 unspecified atom stereocenters. The first-order valence-electron chi connectivity index (χ1n) is 5.22. The molecule has 8 nitrogen and oxygen atoms in total. The number of nitrogens with one attached hydrogen (secondary N) is 1. The fourth-order valence-electron chi connectivity index (χ4n) is 1.01. The average Bonchev–Trinajstić information content (AvgIpc) is 2.25. The van der Waals surface area contributed by atoms with Crippen LogP contribution in [-0.4, -0.2) is 21.7 Å². The molecule has 0 radical (unpaired) electrons. The second kappa shape index (κ2) is 5.83. The van der Waals surface area contributed by atoms with E-state index in [1.807, 2.05) is 0 Å². The summed E-state index contributed by atoms with van der Waals surface area (Å²) >= 11 is 0. The smallest absolute Gasteiger partial charge is 0.413 e. The fourth-order valence-corrected chi connectivity index (χ4v) is 1.01. The highest BCUT2D eigenvalue weighted by Crippen LogP contribution is 2.09. The van der Waals surface area contributed by atoms with Crippen LogP contribution in [0.3, 0.4) is 0 Å². The molecular weight excluding hydrogens is 236 g/mol. The van der Waals surface area contributed by atoms with Crippen LogP contribution in [0.2, 0.25) is 0 Å². The number of aromatic nitrogens is 2. The highest BCUT2D eigenvalue weighted by atomic mass is 16.6. The number of carbonyl (C=O) groups is 1. The second-order valence-corrected chi connectivity index (χ2v) is 4.41. The Kier molecular flexibility index (Phi) is 4.45. The Balaban J connectivity index is 2.58. The van der Waals surface area contributed by atoms with Gasteiger partial charge in [-0.25, -0.2) is 9.78 Å². The molecule has 0 saturated heterocycles. The van der Waals surface area contributed by atoms with E-state index < -0.39 is 11.7 Å². The predicted octanol–water partition coefficient (Wildman–Crippen LogP) is 2.63. The average molecular weight is 250 g/mol. The summed E-state index contributed by atoms with van der Waals surface area (Å²) in [6, 6.07) is 0. The lowest BCUT2D eigenvalue weighted by atomic mass is 10.2. The Bertz CT molecular complexity index is 458. The van der Waals surface area contributed by atoms with Gasteiger partial charge in [-0.1, -0.05) is 5.11 Å². The Morgan fingerprint density at radius 2 is 2.22 bits per heavy atom.